The number of hydrogen-bond donors (Lipinski definition) is 1. The van der Waals surface area contributed by atoms with Gasteiger partial charge in [-0.25, -0.2) is 0 Å². The highest BCUT2D eigenvalue weighted by Crippen LogP contribution is 2.32. The molecule has 0 aliphatic carbocycles. The molecular formula is C10H12N2S. The third-order valence-electron chi connectivity index (χ3n) is 2.51. The lowest BCUT2D eigenvalue weighted by Gasteiger charge is -2.08. The monoisotopic (exact) mass is 192 g/mol. The average molecular weight is 192 g/mol. The van der Waals surface area contributed by atoms with Crippen LogP contribution in [0.5, 0.6) is 0 Å². The van der Waals surface area contributed by atoms with E-state index in [9.17, 15) is 0 Å². The first-order valence-corrected chi connectivity index (χ1v) is 5.29. The maximum Gasteiger partial charge on any atom is 0.0676 e. The van der Waals surface area contributed by atoms with E-state index in [0.29, 0.717) is 5.92 Å². The van der Waals surface area contributed by atoms with Crippen LogP contribution in [0, 0.1) is 24.2 Å². The van der Waals surface area contributed by atoms with Gasteiger partial charge in [-0.3, -0.25) is 0 Å². The first kappa shape index (κ1) is 8.74. The van der Waals surface area contributed by atoms with Crippen molar-refractivity contribution in [1.82, 2.24) is 5.32 Å². The van der Waals surface area contributed by atoms with E-state index in [1.54, 1.807) is 0 Å². The second-order valence-electron chi connectivity index (χ2n) is 3.45. The van der Waals surface area contributed by atoms with Gasteiger partial charge in [0.2, 0.25) is 0 Å². The fourth-order valence-corrected chi connectivity index (χ4v) is 2.81. The van der Waals surface area contributed by atoms with Crippen molar-refractivity contribution in [2.24, 2.45) is 5.92 Å². The summed E-state index contributed by atoms with van der Waals surface area (Å²) in [6.07, 6.45) is 0. The molecule has 1 saturated heterocycles. The van der Waals surface area contributed by atoms with Gasteiger partial charge in [0.15, 0.2) is 0 Å². The fraction of sp³-hybridized carbons (Fsp3) is 0.500. The van der Waals surface area contributed by atoms with E-state index in [-0.39, 0.29) is 5.92 Å². The average Bonchev–Trinajstić information content (AvgIpc) is 2.71. The summed E-state index contributed by atoms with van der Waals surface area (Å²) < 4.78 is 0. The van der Waals surface area contributed by atoms with Crippen LogP contribution in [0.25, 0.3) is 0 Å². The van der Waals surface area contributed by atoms with Crippen molar-refractivity contribution >= 4 is 11.3 Å². The molecule has 1 N–H and O–H groups in total. The van der Waals surface area contributed by atoms with Crippen LogP contribution in [0.15, 0.2) is 12.1 Å². The van der Waals surface area contributed by atoms with Crippen molar-refractivity contribution in [3.8, 4) is 6.07 Å². The summed E-state index contributed by atoms with van der Waals surface area (Å²) in [6, 6.07) is 6.65. The van der Waals surface area contributed by atoms with E-state index >= 15 is 0 Å². The van der Waals surface area contributed by atoms with Gasteiger partial charge in [0.25, 0.3) is 0 Å². The number of nitrogens with zero attached hydrogens (tertiary/aromatic N) is 1. The Kier molecular flexibility index (Phi) is 2.34. The number of nitrogens with one attached hydrogen (secondary N) is 1. The number of aryl methyl sites for hydroxylation is 1. The molecule has 1 aromatic rings. The molecular weight excluding hydrogens is 180 g/mol. The Hall–Kier alpha value is -0.850. The second-order valence-corrected chi connectivity index (χ2v) is 4.77. The highest BCUT2D eigenvalue weighted by molar-refractivity contribution is 7.12. The van der Waals surface area contributed by atoms with Gasteiger partial charge < -0.3 is 5.32 Å². The summed E-state index contributed by atoms with van der Waals surface area (Å²) in [5.41, 5.74) is 0. The summed E-state index contributed by atoms with van der Waals surface area (Å²) in [5.74, 6) is 0.585. The Labute approximate surface area is 82.2 Å². The van der Waals surface area contributed by atoms with Crippen LogP contribution in [-0.4, -0.2) is 13.1 Å². The van der Waals surface area contributed by atoms with Crippen LogP contribution in [0.1, 0.15) is 15.7 Å². The standard InChI is InChI=1S/C10H12N2S/c1-7-2-3-10(13-7)9-6-12-5-8(9)4-11/h2-3,8-9,12H,5-6H2,1H3/t8-,9-/m1/s1. The van der Waals surface area contributed by atoms with Crippen molar-refractivity contribution in [3.63, 3.8) is 0 Å². The molecule has 0 spiro atoms. The minimum Gasteiger partial charge on any atom is -0.315 e. The zero-order valence-corrected chi connectivity index (χ0v) is 8.40. The first-order chi connectivity index (χ1) is 6.31. The number of hydrogen-bond acceptors (Lipinski definition) is 3. The van der Waals surface area contributed by atoms with Gasteiger partial charge in [0, 0.05) is 28.8 Å². The van der Waals surface area contributed by atoms with E-state index in [2.05, 4.69) is 30.4 Å². The molecule has 0 saturated carbocycles. The molecule has 0 amide bonds. The predicted octanol–water partition coefficient (Wildman–Crippen LogP) is 1.88. The van der Waals surface area contributed by atoms with Crippen LogP contribution < -0.4 is 5.32 Å². The van der Waals surface area contributed by atoms with Crippen LogP contribution in [0.3, 0.4) is 0 Å². The van der Waals surface area contributed by atoms with Crippen molar-refractivity contribution in [2.45, 2.75) is 12.8 Å². The second kappa shape index (κ2) is 3.49. The topological polar surface area (TPSA) is 35.8 Å². The minimum absolute atomic E-state index is 0.165. The van der Waals surface area contributed by atoms with Crippen molar-refractivity contribution in [1.29, 1.82) is 5.26 Å². The van der Waals surface area contributed by atoms with E-state index in [1.807, 2.05) is 11.3 Å². The largest absolute Gasteiger partial charge is 0.315 e. The number of nitriles is 1. The van der Waals surface area contributed by atoms with Gasteiger partial charge in [0.05, 0.1) is 12.0 Å². The van der Waals surface area contributed by atoms with Gasteiger partial charge in [-0.2, -0.15) is 5.26 Å². The molecule has 0 radical (unpaired) electrons. The Morgan fingerprint density at radius 3 is 3.00 bits per heavy atom. The highest BCUT2D eigenvalue weighted by Gasteiger charge is 2.28. The molecule has 13 heavy (non-hydrogen) atoms. The zero-order chi connectivity index (χ0) is 9.26. The van der Waals surface area contributed by atoms with Gasteiger partial charge in [-0.15, -0.1) is 11.3 Å². The summed E-state index contributed by atoms with van der Waals surface area (Å²) in [5, 5.41) is 12.2. The van der Waals surface area contributed by atoms with E-state index < -0.39 is 0 Å². The maximum absolute atomic E-state index is 8.92. The molecule has 0 unspecified atom stereocenters. The molecule has 1 fully saturated rings. The number of rotatable bonds is 1. The molecule has 2 rings (SSSR count). The molecule has 2 heterocycles. The summed E-state index contributed by atoms with van der Waals surface area (Å²) >= 11 is 1.81. The van der Waals surface area contributed by atoms with Gasteiger partial charge in [-0.1, -0.05) is 0 Å². The molecule has 1 aliphatic heterocycles. The smallest absolute Gasteiger partial charge is 0.0676 e. The summed E-state index contributed by atoms with van der Waals surface area (Å²) in [4.78, 5) is 2.69. The maximum atomic E-state index is 8.92. The lowest BCUT2D eigenvalue weighted by atomic mass is 9.96. The zero-order valence-electron chi connectivity index (χ0n) is 7.58. The molecule has 1 aromatic heterocycles. The Balaban J connectivity index is 2.21. The highest BCUT2D eigenvalue weighted by atomic mass is 32.1. The molecule has 1 aliphatic rings. The quantitative estimate of drug-likeness (QED) is 0.737. The van der Waals surface area contributed by atoms with E-state index in [1.165, 1.54) is 9.75 Å². The van der Waals surface area contributed by atoms with Crippen molar-refractivity contribution in [2.75, 3.05) is 13.1 Å². The van der Waals surface area contributed by atoms with Crippen molar-refractivity contribution in [3.05, 3.63) is 21.9 Å². The minimum atomic E-state index is 0.165. The number of thiophene rings is 1. The van der Waals surface area contributed by atoms with Crippen molar-refractivity contribution < 1.29 is 0 Å². The molecule has 2 nitrogen and oxygen atoms in total. The molecule has 3 heteroatoms. The molecule has 0 bridgehead atoms. The molecule has 0 aromatic carbocycles. The molecule has 2 atom stereocenters. The lowest BCUT2D eigenvalue weighted by Crippen LogP contribution is -2.07. The summed E-state index contributed by atoms with van der Waals surface area (Å²) in [7, 11) is 0. The SMILES string of the molecule is Cc1ccc([C@@H]2CNC[C@H]2C#N)s1. The van der Waals surface area contributed by atoms with Gasteiger partial charge >= 0.3 is 0 Å². The third-order valence-corrected chi connectivity index (χ3v) is 3.64. The van der Waals surface area contributed by atoms with Gasteiger partial charge in [0.1, 0.15) is 0 Å². The van der Waals surface area contributed by atoms with Crippen LogP contribution >= 0.6 is 11.3 Å². The first-order valence-electron chi connectivity index (χ1n) is 4.48. The Bertz CT molecular complexity index is 337. The van der Waals surface area contributed by atoms with E-state index in [4.69, 9.17) is 5.26 Å². The Morgan fingerprint density at radius 2 is 2.38 bits per heavy atom. The summed E-state index contributed by atoms with van der Waals surface area (Å²) in [6.45, 7) is 3.91. The lowest BCUT2D eigenvalue weighted by molar-refractivity contribution is 0.657. The fourth-order valence-electron chi connectivity index (χ4n) is 1.77. The van der Waals surface area contributed by atoms with Crippen LogP contribution in [-0.2, 0) is 0 Å². The van der Waals surface area contributed by atoms with Crippen LogP contribution in [0.4, 0.5) is 0 Å². The Morgan fingerprint density at radius 1 is 1.54 bits per heavy atom. The van der Waals surface area contributed by atoms with Crippen LogP contribution in [0.2, 0.25) is 0 Å². The predicted molar refractivity (Wildman–Crippen MR) is 53.8 cm³/mol. The van der Waals surface area contributed by atoms with E-state index in [0.717, 1.165) is 13.1 Å². The van der Waals surface area contributed by atoms with Gasteiger partial charge in [-0.05, 0) is 19.1 Å². The normalized spacial score (nSPS) is 27.4. The molecule has 68 valence electrons. The third kappa shape index (κ3) is 1.60.